The van der Waals surface area contributed by atoms with Gasteiger partial charge in [-0.1, -0.05) is 35.9 Å². The SMILES string of the molecule is O=C(O)C1Cc2ccccc2N1C(=O)c1cccc(Cl)n1. The molecule has 6 heteroatoms. The Balaban J connectivity index is 2.05. The normalized spacial score (nSPS) is 16.6. The molecular weight excluding hydrogens is 292 g/mol. The van der Waals surface area contributed by atoms with E-state index in [1.807, 2.05) is 12.1 Å². The summed E-state index contributed by atoms with van der Waals surface area (Å²) in [6, 6.07) is 10.9. The summed E-state index contributed by atoms with van der Waals surface area (Å²) < 4.78 is 0. The molecule has 3 rings (SSSR count). The van der Waals surface area contributed by atoms with Crippen molar-refractivity contribution < 1.29 is 14.7 Å². The number of carboxylic acids is 1. The third-order valence-electron chi connectivity index (χ3n) is 3.41. The highest BCUT2D eigenvalue weighted by Crippen LogP contribution is 2.33. The number of halogens is 1. The molecule has 1 amide bonds. The lowest BCUT2D eigenvalue weighted by Crippen LogP contribution is -2.43. The van der Waals surface area contributed by atoms with Crippen molar-refractivity contribution in [2.24, 2.45) is 0 Å². The monoisotopic (exact) mass is 302 g/mol. The number of carboxylic acid groups (broad SMARTS) is 1. The number of nitrogens with zero attached hydrogens (tertiary/aromatic N) is 2. The molecule has 2 aromatic rings. The van der Waals surface area contributed by atoms with E-state index in [1.54, 1.807) is 24.3 Å². The first-order valence-electron chi connectivity index (χ1n) is 6.35. The second-order valence-corrected chi connectivity index (χ2v) is 5.09. The Morgan fingerprint density at radius 1 is 1.19 bits per heavy atom. The lowest BCUT2D eigenvalue weighted by atomic mass is 10.1. The molecule has 0 aliphatic carbocycles. The second kappa shape index (κ2) is 5.18. The quantitative estimate of drug-likeness (QED) is 0.865. The third kappa shape index (κ3) is 2.36. The van der Waals surface area contributed by atoms with Gasteiger partial charge in [0, 0.05) is 12.1 Å². The molecule has 0 saturated carbocycles. The first-order valence-corrected chi connectivity index (χ1v) is 6.72. The second-order valence-electron chi connectivity index (χ2n) is 4.71. The van der Waals surface area contributed by atoms with Gasteiger partial charge in [-0.05, 0) is 23.8 Å². The summed E-state index contributed by atoms with van der Waals surface area (Å²) in [6.07, 6.45) is 0.289. The molecule has 1 aliphatic rings. The number of fused-ring (bicyclic) bond motifs is 1. The molecule has 1 aromatic heterocycles. The fourth-order valence-corrected chi connectivity index (χ4v) is 2.65. The van der Waals surface area contributed by atoms with E-state index in [1.165, 1.54) is 11.0 Å². The largest absolute Gasteiger partial charge is 0.480 e. The Morgan fingerprint density at radius 3 is 2.67 bits per heavy atom. The van der Waals surface area contributed by atoms with Crippen LogP contribution in [-0.2, 0) is 11.2 Å². The summed E-state index contributed by atoms with van der Waals surface area (Å²) in [6.45, 7) is 0. The molecule has 1 N–H and O–H groups in total. The van der Waals surface area contributed by atoms with Crippen LogP contribution in [-0.4, -0.2) is 28.0 Å². The van der Waals surface area contributed by atoms with Gasteiger partial charge in [0.15, 0.2) is 0 Å². The number of benzene rings is 1. The van der Waals surface area contributed by atoms with Crippen LogP contribution in [0.25, 0.3) is 0 Å². The number of rotatable bonds is 2. The maximum Gasteiger partial charge on any atom is 0.327 e. The van der Waals surface area contributed by atoms with E-state index in [4.69, 9.17) is 11.6 Å². The Hall–Kier alpha value is -2.40. The van der Waals surface area contributed by atoms with Crippen molar-refractivity contribution in [3.8, 4) is 0 Å². The summed E-state index contributed by atoms with van der Waals surface area (Å²) in [4.78, 5) is 29.3. The number of carbonyl (C=O) groups is 2. The number of pyridine rings is 1. The molecule has 1 aromatic carbocycles. The Labute approximate surface area is 125 Å². The smallest absolute Gasteiger partial charge is 0.327 e. The predicted molar refractivity (Wildman–Crippen MR) is 77.6 cm³/mol. The fourth-order valence-electron chi connectivity index (χ4n) is 2.49. The van der Waals surface area contributed by atoms with Crippen LogP contribution in [0.5, 0.6) is 0 Å². The molecule has 0 radical (unpaired) electrons. The molecular formula is C15H11ClN2O3. The average molecular weight is 303 g/mol. The van der Waals surface area contributed by atoms with Gasteiger partial charge in [0.2, 0.25) is 0 Å². The van der Waals surface area contributed by atoms with Crippen molar-refractivity contribution in [3.63, 3.8) is 0 Å². The Bertz CT molecular complexity index is 732. The van der Waals surface area contributed by atoms with Crippen LogP contribution >= 0.6 is 11.6 Å². The highest BCUT2D eigenvalue weighted by Gasteiger charge is 2.39. The highest BCUT2D eigenvalue weighted by atomic mass is 35.5. The molecule has 5 nitrogen and oxygen atoms in total. The van der Waals surface area contributed by atoms with E-state index in [0.717, 1.165) is 5.56 Å². The number of anilines is 1. The number of hydrogen-bond acceptors (Lipinski definition) is 3. The number of para-hydroxylation sites is 1. The minimum atomic E-state index is -1.04. The van der Waals surface area contributed by atoms with Gasteiger partial charge >= 0.3 is 5.97 Å². The van der Waals surface area contributed by atoms with Gasteiger partial charge in [-0.2, -0.15) is 0 Å². The summed E-state index contributed by atoms with van der Waals surface area (Å²) in [7, 11) is 0. The van der Waals surface area contributed by atoms with Gasteiger partial charge in [0.05, 0.1) is 0 Å². The van der Waals surface area contributed by atoms with Crippen molar-refractivity contribution in [1.82, 2.24) is 4.98 Å². The van der Waals surface area contributed by atoms with Crippen molar-refractivity contribution in [1.29, 1.82) is 0 Å². The molecule has 0 saturated heterocycles. The van der Waals surface area contributed by atoms with Crippen LogP contribution in [0.1, 0.15) is 16.1 Å². The van der Waals surface area contributed by atoms with Crippen molar-refractivity contribution in [2.75, 3.05) is 4.90 Å². The van der Waals surface area contributed by atoms with Gasteiger partial charge < -0.3 is 5.11 Å². The van der Waals surface area contributed by atoms with Crippen LogP contribution in [0.2, 0.25) is 5.15 Å². The Morgan fingerprint density at radius 2 is 1.95 bits per heavy atom. The molecule has 0 bridgehead atoms. The maximum atomic E-state index is 12.6. The Kier molecular flexibility index (Phi) is 3.35. The van der Waals surface area contributed by atoms with Gasteiger partial charge in [0.25, 0.3) is 5.91 Å². The topological polar surface area (TPSA) is 70.5 Å². The van der Waals surface area contributed by atoms with E-state index in [2.05, 4.69) is 4.98 Å². The fraction of sp³-hybridized carbons (Fsp3) is 0.133. The third-order valence-corrected chi connectivity index (χ3v) is 3.62. The van der Waals surface area contributed by atoms with Gasteiger partial charge in [-0.25, -0.2) is 9.78 Å². The first kappa shape index (κ1) is 13.6. The van der Waals surface area contributed by atoms with E-state index >= 15 is 0 Å². The molecule has 21 heavy (non-hydrogen) atoms. The zero-order valence-electron chi connectivity index (χ0n) is 10.9. The molecule has 0 fully saturated rings. The average Bonchev–Trinajstić information content (AvgIpc) is 2.86. The summed E-state index contributed by atoms with van der Waals surface area (Å²) >= 11 is 5.80. The van der Waals surface area contributed by atoms with Crippen LogP contribution < -0.4 is 4.90 Å². The van der Waals surface area contributed by atoms with E-state index in [-0.39, 0.29) is 17.3 Å². The first-order chi connectivity index (χ1) is 10.1. The summed E-state index contributed by atoms with van der Waals surface area (Å²) in [5.41, 5.74) is 1.57. The lowest BCUT2D eigenvalue weighted by Gasteiger charge is -2.22. The van der Waals surface area contributed by atoms with E-state index in [9.17, 15) is 14.7 Å². The van der Waals surface area contributed by atoms with Gasteiger partial charge in [0.1, 0.15) is 16.9 Å². The molecule has 0 spiro atoms. The minimum absolute atomic E-state index is 0.130. The van der Waals surface area contributed by atoms with Crippen molar-refractivity contribution >= 4 is 29.2 Å². The number of aromatic nitrogens is 1. The van der Waals surface area contributed by atoms with Crippen LogP contribution in [0.15, 0.2) is 42.5 Å². The minimum Gasteiger partial charge on any atom is -0.480 e. The van der Waals surface area contributed by atoms with Crippen LogP contribution in [0, 0.1) is 0 Å². The van der Waals surface area contributed by atoms with Crippen molar-refractivity contribution in [3.05, 3.63) is 58.9 Å². The lowest BCUT2D eigenvalue weighted by molar-refractivity contribution is -0.138. The number of aliphatic carboxylic acids is 1. The number of amides is 1. The summed E-state index contributed by atoms with van der Waals surface area (Å²) in [5.74, 6) is -1.50. The molecule has 1 unspecified atom stereocenters. The standard InChI is InChI=1S/C15H11ClN2O3/c16-13-7-3-5-10(17-13)14(19)18-11-6-2-1-4-9(11)8-12(18)15(20)21/h1-7,12H,8H2,(H,20,21). The highest BCUT2D eigenvalue weighted by molar-refractivity contribution is 6.29. The van der Waals surface area contributed by atoms with Crippen molar-refractivity contribution in [2.45, 2.75) is 12.5 Å². The molecule has 1 aliphatic heterocycles. The van der Waals surface area contributed by atoms with E-state index < -0.39 is 17.9 Å². The number of hydrogen-bond donors (Lipinski definition) is 1. The zero-order valence-corrected chi connectivity index (χ0v) is 11.6. The predicted octanol–water partition coefficient (Wildman–Crippen LogP) is 2.39. The molecule has 2 heterocycles. The van der Waals surface area contributed by atoms with Crippen LogP contribution in [0.4, 0.5) is 5.69 Å². The summed E-state index contributed by atoms with van der Waals surface area (Å²) in [5, 5.41) is 9.56. The molecule has 106 valence electrons. The van der Waals surface area contributed by atoms with E-state index in [0.29, 0.717) is 5.69 Å². The molecule has 1 atom stereocenters. The zero-order chi connectivity index (χ0) is 15.0. The van der Waals surface area contributed by atoms with Crippen LogP contribution in [0.3, 0.4) is 0 Å². The number of carbonyl (C=O) groups excluding carboxylic acids is 1. The maximum absolute atomic E-state index is 12.6. The van der Waals surface area contributed by atoms with Gasteiger partial charge in [-0.15, -0.1) is 0 Å². The van der Waals surface area contributed by atoms with Gasteiger partial charge in [-0.3, -0.25) is 9.69 Å².